The zero-order valence-electron chi connectivity index (χ0n) is 16.7. The van der Waals surface area contributed by atoms with E-state index in [0.717, 1.165) is 18.2 Å². The molecule has 0 atom stereocenters. The van der Waals surface area contributed by atoms with Crippen LogP contribution in [0.15, 0.2) is 70.4 Å². The van der Waals surface area contributed by atoms with Crippen molar-refractivity contribution in [2.45, 2.75) is 0 Å². The standard InChI is InChI=1S/C20H15N5O8/c26-19(12-21-20(27)18-5-2-8-32-18)23-22-11-13-3-1-4-15(9-13)33-17-7-6-14(24(28)29)10-16(17)25(30)31/h1-11H,12H2,(H,21,27)(H,23,26)/b22-11+. The Labute approximate surface area is 185 Å². The first-order valence-corrected chi connectivity index (χ1v) is 9.18. The largest absolute Gasteiger partial charge is 0.459 e. The number of nitro groups is 2. The van der Waals surface area contributed by atoms with Gasteiger partial charge in [-0.3, -0.25) is 29.8 Å². The first kappa shape index (κ1) is 22.6. The number of furan rings is 1. The van der Waals surface area contributed by atoms with Crippen molar-refractivity contribution in [3.63, 3.8) is 0 Å². The minimum Gasteiger partial charge on any atom is -0.459 e. The predicted octanol–water partition coefficient (Wildman–Crippen LogP) is 2.77. The lowest BCUT2D eigenvalue weighted by Gasteiger charge is -2.07. The minimum atomic E-state index is -0.784. The molecule has 0 aliphatic rings. The van der Waals surface area contributed by atoms with Crippen molar-refractivity contribution >= 4 is 29.4 Å². The lowest BCUT2D eigenvalue weighted by molar-refractivity contribution is -0.394. The van der Waals surface area contributed by atoms with Gasteiger partial charge in [0.1, 0.15) is 5.75 Å². The molecule has 0 radical (unpaired) electrons. The van der Waals surface area contributed by atoms with Gasteiger partial charge >= 0.3 is 5.69 Å². The molecule has 1 heterocycles. The molecule has 13 nitrogen and oxygen atoms in total. The molecule has 0 unspecified atom stereocenters. The van der Waals surface area contributed by atoms with Crippen molar-refractivity contribution in [3.8, 4) is 11.5 Å². The van der Waals surface area contributed by atoms with E-state index in [0.29, 0.717) is 5.56 Å². The number of non-ortho nitro benzene ring substituents is 1. The molecule has 0 saturated carbocycles. The summed E-state index contributed by atoms with van der Waals surface area (Å²) in [5, 5.41) is 28.2. The topological polar surface area (TPSA) is 179 Å². The summed E-state index contributed by atoms with van der Waals surface area (Å²) < 4.78 is 10.4. The number of carbonyl (C=O) groups excluding carboxylic acids is 2. The molecule has 0 bridgehead atoms. The number of nitrogens with one attached hydrogen (secondary N) is 2. The first-order valence-electron chi connectivity index (χ1n) is 9.18. The molecular formula is C20H15N5O8. The zero-order valence-corrected chi connectivity index (χ0v) is 16.7. The van der Waals surface area contributed by atoms with Gasteiger partial charge < -0.3 is 14.5 Å². The van der Waals surface area contributed by atoms with Crippen LogP contribution in [0, 0.1) is 20.2 Å². The second-order valence-electron chi connectivity index (χ2n) is 6.29. The maximum absolute atomic E-state index is 11.8. The maximum Gasteiger partial charge on any atom is 0.318 e. The summed E-state index contributed by atoms with van der Waals surface area (Å²) >= 11 is 0. The highest BCUT2D eigenvalue weighted by atomic mass is 16.6. The number of nitro benzene ring substituents is 2. The molecule has 13 heteroatoms. The second-order valence-corrected chi connectivity index (χ2v) is 6.29. The molecule has 0 fully saturated rings. The van der Waals surface area contributed by atoms with E-state index in [2.05, 4.69) is 15.8 Å². The van der Waals surface area contributed by atoms with Crippen LogP contribution in [-0.4, -0.2) is 34.4 Å². The van der Waals surface area contributed by atoms with Gasteiger partial charge in [0.05, 0.1) is 34.9 Å². The molecule has 2 N–H and O–H groups in total. The van der Waals surface area contributed by atoms with Crippen molar-refractivity contribution in [2.75, 3.05) is 6.54 Å². The van der Waals surface area contributed by atoms with E-state index in [1.165, 1.54) is 36.7 Å². The van der Waals surface area contributed by atoms with Gasteiger partial charge in [0, 0.05) is 6.07 Å². The smallest absolute Gasteiger partial charge is 0.318 e. The number of amides is 2. The van der Waals surface area contributed by atoms with Gasteiger partial charge in [-0.2, -0.15) is 5.10 Å². The average molecular weight is 453 g/mol. The second kappa shape index (κ2) is 10.3. The number of ether oxygens (including phenoxy) is 1. The molecular weight excluding hydrogens is 438 g/mol. The van der Waals surface area contributed by atoms with Crippen molar-refractivity contribution in [1.82, 2.24) is 10.7 Å². The fraction of sp³-hybridized carbons (Fsp3) is 0.0500. The summed E-state index contributed by atoms with van der Waals surface area (Å²) in [5.74, 6) is -1.05. The van der Waals surface area contributed by atoms with E-state index < -0.39 is 33.0 Å². The van der Waals surface area contributed by atoms with E-state index in [-0.39, 0.29) is 23.8 Å². The number of hydrogen-bond acceptors (Lipinski definition) is 9. The highest BCUT2D eigenvalue weighted by molar-refractivity contribution is 5.94. The Morgan fingerprint density at radius 2 is 1.88 bits per heavy atom. The van der Waals surface area contributed by atoms with Gasteiger partial charge in [-0.1, -0.05) is 12.1 Å². The van der Waals surface area contributed by atoms with Crippen LogP contribution in [-0.2, 0) is 4.79 Å². The number of hydrogen-bond donors (Lipinski definition) is 2. The number of nitrogens with zero attached hydrogens (tertiary/aromatic N) is 3. The highest BCUT2D eigenvalue weighted by Crippen LogP contribution is 2.34. The first-order chi connectivity index (χ1) is 15.8. The number of carbonyl (C=O) groups is 2. The molecule has 2 amide bonds. The Balaban J connectivity index is 1.60. The highest BCUT2D eigenvalue weighted by Gasteiger charge is 2.21. The molecule has 0 spiro atoms. The van der Waals surface area contributed by atoms with E-state index in [1.807, 2.05) is 0 Å². The van der Waals surface area contributed by atoms with Crippen molar-refractivity contribution in [3.05, 3.63) is 92.4 Å². The van der Waals surface area contributed by atoms with Crippen LogP contribution in [0.2, 0.25) is 0 Å². The lowest BCUT2D eigenvalue weighted by atomic mass is 10.2. The monoisotopic (exact) mass is 453 g/mol. The summed E-state index contributed by atoms with van der Waals surface area (Å²) in [7, 11) is 0. The molecule has 1 aromatic heterocycles. The van der Waals surface area contributed by atoms with E-state index in [1.54, 1.807) is 12.1 Å². The van der Waals surface area contributed by atoms with Crippen LogP contribution in [0.4, 0.5) is 11.4 Å². The van der Waals surface area contributed by atoms with Crippen LogP contribution < -0.4 is 15.5 Å². The predicted molar refractivity (Wildman–Crippen MR) is 113 cm³/mol. The Bertz CT molecular complexity index is 1220. The van der Waals surface area contributed by atoms with Crippen LogP contribution in [0.1, 0.15) is 16.1 Å². The molecule has 168 valence electrons. The van der Waals surface area contributed by atoms with Crippen LogP contribution >= 0.6 is 0 Å². The summed E-state index contributed by atoms with van der Waals surface area (Å²) in [6, 6.07) is 12.2. The molecule has 3 aromatic rings. The maximum atomic E-state index is 11.8. The summed E-state index contributed by atoms with van der Waals surface area (Å²) in [6.45, 7) is -0.330. The third kappa shape index (κ3) is 6.21. The molecule has 3 rings (SSSR count). The van der Waals surface area contributed by atoms with Gasteiger partial charge in [0.2, 0.25) is 5.75 Å². The molecule has 2 aromatic carbocycles. The fourth-order valence-electron chi connectivity index (χ4n) is 2.51. The van der Waals surface area contributed by atoms with Crippen LogP contribution in [0.3, 0.4) is 0 Å². The van der Waals surface area contributed by atoms with Gasteiger partial charge in [-0.05, 0) is 35.9 Å². The zero-order chi connectivity index (χ0) is 23.8. The number of benzene rings is 2. The fourth-order valence-corrected chi connectivity index (χ4v) is 2.51. The van der Waals surface area contributed by atoms with Gasteiger partial charge in [0.25, 0.3) is 17.5 Å². The normalized spacial score (nSPS) is 10.5. The Hall–Kier alpha value is -5.07. The van der Waals surface area contributed by atoms with Gasteiger partial charge in [-0.25, -0.2) is 5.43 Å². The van der Waals surface area contributed by atoms with Gasteiger partial charge in [-0.15, -0.1) is 0 Å². The average Bonchev–Trinajstić information content (AvgIpc) is 3.33. The Morgan fingerprint density at radius 3 is 2.58 bits per heavy atom. The van der Waals surface area contributed by atoms with Gasteiger partial charge in [0.15, 0.2) is 5.76 Å². The summed E-state index contributed by atoms with van der Waals surface area (Å²) in [6.07, 6.45) is 2.63. The van der Waals surface area contributed by atoms with Crippen molar-refractivity contribution in [2.24, 2.45) is 5.10 Å². The number of hydrazone groups is 1. The Morgan fingerprint density at radius 1 is 1.06 bits per heavy atom. The van der Waals surface area contributed by atoms with Crippen molar-refractivity contribution < 1.29 is 28.6 Å². The third-order valence-electron chi connectivity index (χ3n) is 3.99. The quantitative estimate of drug-likeness (QED) is 0.282. The van der Waals surface area contributed by atoms with Crippen LogP contribution in [0.25, 0.3) is 0 Å². The van der Waals surface area contributed by atoms with Crippen molar-refractivity contribution in [1.29, 1.82) is 0 Å². The van der Waals surface area contributed by atoms with E-state index >= 15 is 0 Å². The SMILES string of the molecule is O=C(CNC(=O)c1ccco1)N/N=C/c1cccc(Oc2ccc([N+](=O)[O-])cc2[N+](=O)[O-])c1. The molecule has 33 heavy (non-hydrogen) atoms. The molecule has 0 aliphatic heterocycles. The van der Waals surface area contributed by atoms with E-state index in [9.17, 15) is 29.8 Å². The minimum absolute atomic E-state index is 0.0661. The van der Waals surface area contributed by atoms with E-state index in [4.69, 9.17) is 9.15 Å². The number of rotatable bonds is 9. The Kier molecular flexibility index (Phi) is 7.06. The molecule has 0 saturated heterocycles. The summed E-state index contributed by atoms with van der Waals surface area (Å²) in [4.78, 5) is 44.0. The van der Waals surface area contributed by atoms with Crippen LogP contribution in [0.5, 0.6) is 11.5 Å². The summed E-state index contributed by atoms with van der Waals surface area (Å²) in [5.41, 5.74) is 1.71. The molecule has 0 aliphatic carbocycles. The lowest BCUT2D eigenvalue weighted by Crippen LogP contribution is -2.34. The third-order valence-corrected chi connectivity index (χ3v) is 3.99.